The number of hydrogen-bond donors (Lipinski definition) is 0. The van der Waals surface area contributed by atoms with Gasteiger partial charge in [0.05, 0.1) is 5.71 Å². The summed E-state index contributed by atoms with van der Waals surface area (Å²) in [7, 11) is 1.58. The summed E-state index contributed by atoms with van der Waals surface area (Å²) in [5.41, 5.74) is 3.41. The minimum absolute atomic E-state index is 0.888. The van der Waals surface area contributed by atoms with Crippen LogP contribution in [-0.2, 0) is 4.84 Å². The van der Waals surface area contributed by atoms with Crippen molar-refractivity contribution < 1.29 is 4.84 Å². The smallest absolute Gasteiger partial charge is 0.106 e. The molecular formula is C11H15NO. The quantitative estimate of drug-likeness (QED) is 0.514. The normalized spacial score (nSPS) is 11.5. The van der Waals surface area contributed by atoms with Crippen molar-refractivity contribution in [2.75, 3.05) is 7.11 Å². The predicted octanol–water partition coefficient (Wildman–Crippen LogP) is 2.76. The molecule has 0 N–H and O–H groups in total. The largest absolute Gasteiger partial charge is 0.399 e. The van der Waals surface area contributed by atoms with Crippen molar-refractivity contribution in [3.8, 4) is 0 Å². The van der Waals surface area contributed by atoms with Crippen molar-refractivity contribution >= 4 is 5.71 Å². The van der Waals surface area contributed by atoms with Crippen LogP contribution in [0.15, 0.2) is 29.4 Å². The second kappa shape index (κ2) is 4.65. The Morgan fingerprint density at radius 3 is 2.62 bits per heavy atom. The van der Waals surface area contributed by atoms with Crippen LogP contribution in [0.5, 0.6) is 0 Å². The van der Waals surface area contributed by atoms with Crippen molar-refractivity contribution in [2.45, 2.75) is 20.3 Å². The molecule has 0 bridgehead atoms. The van der Waals surface area contributed by atoms with Crippen molar-refractivity contribution in [3.63, 3.8) is 0 Å². The Morgan fingerprint density at radius 2 is 2.08 bits per heavy atom. The van der Waals surface area contributed by atoms with Gasteiger partial charge in [0.15, 0.2) is 0 Å². The van der Waals surface area contributed by atoms with E-state index in [2.05, 4.69) is 31.1 Å². The SMILES string of the molecule is CCC(=NOC)c1ccccc1C. The van der Waals surface area contributed by atoms with Crippen molar-refractivity contribution in [1.29, 1.82) is 0 Å². The van der Waals surface area contributed by atoms with Gasteiger partial charge < -0.3 is 4.84 Å². The summed E-state index contributed by atoms with van der Waals surface area (Å²) in [5.74, 6) is 0. The van der Waals surface area contributed by atoms with E-state index in [-0.39, 0.29) is 0 Å². The lowest BCUT2D eigenvalue weighted by Crippen LogP contribution is -2.01. The molecule has 0 radical (unpaired) electrons. The van der Waals surface area contributed by atoms with Gasteiger partial charge in [0.1, 0.15) is 7.11 Å². The maximum Gasteiger partial charge on any atom is 0.106 e. The van der Waals surface area contributed by atoms with E-state index < -0.39 is 0 Å². The molecule has 0 unspecified atom stereocenters. The van der Waals surface area contributed by atoms with E-state index in [1.165, 1.54) is 11.1 Å². The number of benzene rings is 1. The number of nitrogens with zero attached hydrogens (tertiary/aromatic N) is 1. The molecule has 0 aliphatic rings. The van der Waals surface area contributed by atoms with Crippen LogP contribution in [0.2, 0.25) is 0 Å². The average Bonchev–Trinajstić information content (AvgIpc) is 2.16. The lowest BCUT2D eigenvalue weighted by molar-refractivity contribution is 0.213. The highest BCUT2D eigenvalue weighted by Crippen LogP contribution is 2.10. The Hall–Kier alpha value is -1.31. The van der Waals surface area contributed by atoms with Gasteiger partial charge >= 0.3 is 0 Å². The molecular weight excluding hydrogens is 162 g/mol. The predicted molar refractivity (Wildman–Crippen MR) is 55.0 cm³/mol. The Bertz CT molecular complexity index is 305. The summed E-state index contributed by atoms with van der Waals surface area (Å²) in [4.78, 5) is 4.79. The molecule has 0 saturated heterocycles. The molecule has 2 nitrogen and oxygen atoms in total. The molecule has 13 heavy (non-hydrogen) atoms. The maximum absolute atomic E-state index is 4.79. The molecule has 0 heterocycles. The number of rotatable bonds is 3. The van der Waals surface area contributed by atoms with Crippen LogP contribution in [0.4, 0.5) is 0 Å². The van der Waals surface area contributed by atoms with E-state index in [1.807, 2.05) is 12.1 Å². The lowest BCUT2D eigenvalue weighted by Gasteiger charge is -2.05. The Kier molecular flexibility index (Phi) is 3.50. The minimum atomic E-state index is 0.888. The van der Waals surface area contributed by atoms with Crippen molar-refractivity contribution in [2.24, 2.45) is 5.16 Å². The zero-order chi connectivity index (χ0) is 9.68. The van der Waals surface area contributed by atoms with Gasteiger partial charge in [-0.2, -0.15) is 0 Å². The second-order valence-electron chi connectivity index (χ2n) is 2.89. The van der Waals surface area contributed by atoms with Gasteiger partial charge in [-0.15, -0.1) is 0 Å². The molecule has 1 aromatic carbocycles. The van der Waals surface area contributed by atoms with Crippen molar-refractivity contribution in [3.05, 3.63) is 35.4 Å². The first-order valence-electron chi connectivity index (χ1n) is 4.45. The topological polar surface area (TPSA) is 21.6 Å². The molecule has 0 aliphatic heterocycles. The minimum Gasteiger partial charge on any atom is -0.399 e. The standard InChI is InChI=1S/C11H15NO/c1-4-11(12-13-3)10-8-6-5-7-9(10)2/h5-8H,4H2,1-3H3. The maximum atomic E-state index is 4.79. The molecule has 0 aromatic heterocycles. The van der Waals surface area contributed by atoms with Crippen LogP contribution >= 0.6 is 0 Å². The summed E-state index contributed by atoms with van der Waals surface area (Å²) >= 11 is 0. The molecule has 0 saturated carbocycles. The molecule has 0 aliphatic carbocycles. The highest BCUT2D eigenvalue weighted by Gasteiger charge is 2.03. The first kappa shape index (κ1) is 9.78. The third-order valence-corrected chi connectivity index (χ3v) is 1.99. The fourth-order valence-corrected chi connectivity index (χ4v) is 1.31. The van der Waals surface area contributed by atoms with Crippen LogP contribution in [-0.4, -0.2) is 12.8 Å². The van der Waals surface area contributed by atoms with Gasteiger partial charge in [0.25, 0.3) is 0 Å². The van der Waals surface area contributed by atoms with Gasteiger partial charge in [0.2, 0.25) is 0 Å². The molecule has 0 fully saturated rings. The van der Waals surface area contributed by atoms with E-state index >= 15 is 0 Å². The molecule has 0 spiro atoms. The van der Waals surface area contributed by atoms with E-state index in [4.69, 9.17) is 4.84 Å². The van der Waals surface area contributed by atoms with E-state index in [0.29, 0.717) is 0 Å². The highest BCUT2D eigenvalue weighted by atomic mass is 16.6. The summed E-state index contributed by atoms with van der Waals surface area (Å²) in [6.45, 7) is 4.15. The zero-order valence-corrected chi connectivity index (χ0v) is 8.37. The Morgan fingerprint density at radius 1 is 1.38 bits per heavy atom. The monoisotopic (exact) mass is 177 g/mol. The van der Waals surface area contributed by atoms with Crippen LogP contribution in [0.1, 0.15) is 24.5 Å². The third kappa shape index (κ3) is 2.31. The molecule has 1 aromatic rings. The summed E-state index contributed by atoms with van der Waals surface area (Å²) in [6.07, 6.45) is 0.888. The van der Waals surface area contributed by atoms with Gasteiger partial charge in [0, 0.05) is 5.56 Å². The van der Waals surface area contributed by atoms with E-state index in [9.17, 15) is 0 Å². The third-order valence-electron chi connectivity index (χ3n) is 1.99. The highest BCUT2D eigenvalue weighted by molar-refractivity contribution is 6.01. The van der Waals surface area contributed by atoms with Gasteiger partial charge in [-0.05, 0) is 18.9 Å². The first-order valence-corrected chi connectivity index (χ1v) is 4.45. The number of hydrogen-bond acceptors (Lipinski definition) is 2. The molecule has 2 heteroatoms. The lowest BCUT2D eigenvalue weighted by atomic mass is 10.0. The molecule has 1 rings (SSSR count). The van der Waals surface area contributed by atoms with Crippen LogP contribution in [0.25, 0.3) is 0 Å². The zero-order valence-electron chi connectivity index (χ0n) is 8.37. The average molecular weight is 177 g/mol. The second-order valence-corrected chi connectivity index (χ2v) is 2.89. The summed E-state index contributed by atoms with van der Waals surface area (Å²) in [5, 5.41) is 3.99. The molecule has 70 valence electrons. The molecule has 0 atom stereocenters. The van der Waals surface area contributed by atoms with Gasteiger partial charge in [-0.25, -0.2) is 0 Å². The Labute approximate surface area is 79.2 Å². The van der Waals surface area contributed by atoms with Crippen molar-refractivity contribution in [1.82, 2.24) is 0 Å². The van der Waals surface area contributed by atoms with Crippen LogP contribution < -0.4 is 0 Å². The van der Waals surface area contributed by atoms with Gasteiger partial charge in [-0.3, -0.25) is 0 Å². The van der Waals surface area contributed by atoms with E-state index in [1.54, 1.807) is 7.11 Å². The fraction of sp³-hybridized carbons (Fsp3) is 0.364. The summed E-state index contributed by atoms with van der Waals surface area (Å²) in [6, 6.07) is 8.19. The van der Waals surface area contributed by atoms with Crippen LogP contribution in [0, 0.1) is 6.92 Å². The fourth-order valence-electron chi connectivity index (χ4n) is 1.31. The summed E-state index contributed by atoms with van der Waals surface area (Å²) < 4.78 is 0. The van der Waals surface area contributed by atoms with Gasteiger partial charge in [-0.1, -0.05) is 36.3 Å². The first-order chi connectivity index (χ1) is 6.29. The number of aryl methyl sites for hydroxylation is 1. The van der Waals surface area contributed by atoms with Crippen LogP contribution in [0.3, 0.4) is 0 Å². The number of oxime groups is 1. The van der Waals surface area contributed by atoms with E-state index in [0.717, 1.165) is 12.1 Å². The Balaban J connectivity index is 3.05. The molecule has 0 amide bonds.